The van der Waals surface area contributed by atoms with Crippen LogP contribution in [0.3, 0.4) is 0 Å². The van der Waals surface area contributed by atoms with E-state index in [1.165, 1.54) is 0 Å². The number of nitrogens with zero attached hydrogens (tertiary/aromatic N) is 1. The van der Waals surface area contributed by atoms with Crippen LogP contribution in [0.25, 0.3) is 0 Å². The number of thiol groups is 1. The second-order valence-electron chi connectivity index (χ2n) is 10.1. The second-order valence-corrected chi connectivity index (χ2v) is 10.5. The number of amides is 3. The maximum Gasteiger partial charge on any atom is 0.408 e. The number of hydrogen-bond donors (Lipinski definition) is 3. The minimum atomic E-state index is -0.914. The van der Waals surface area contributed by atoms with Crippen LogP contribution in [0.4, 0.5) is 4.79 Å². The van der Waals surface area contributed by atoms with Crippen LogP contribution in [0.15, 0.2) is 18.2 Å². The van der Waals surface area contributed by atoms with E-state index >= 15 is 0 Å². The number of carbonyl (C=O) groups excluding carboxylic acids is 3. The first-order valence-electron chi connectivity index (χ1n) is 11.6. The first-order chi connectivity index (χ1) is 15.3. The molecule has 0 heterocycles. The summed E-state index contributed by atoms with van der Waals surface area (Å²) in [5.41, 5.74) is 2.05. The molecule has 33 heavy (non-hydrogen) atoms. The molecule has 8 heteroatoms. The first kappa shape index (κ1) is 27.0. The molecule has 1 fully saturated rings. The lowest BCUT2D eigenvalue weighted by Crippen LogP contribution is -2.58. The van der Waals surface area contributed by atoms with Crippen molar-refractivity contribution in [2.24, 2.45) is 0 Å². The van der Waals surface area contributed by atoms with Crippen molar-refractivity contribution < 1.29 is 19.1 Å². The number of aryl methyl sites for hydroxylation is 2. The normalized spacial score (nSPS) is 15.9. The third-order valence-electron chi connectivity index (χ3n) is 5.58. The fraction of sp³-hybridized carbons (Fsp3) is 0.640. The molecular formula is C25H39N3O4S. The molecule has 7 nitrogen and oxygen atoms in total. The van der Waals surface area contributed by atoms with E-state index in [-0.39, 0.29) is 29.7 Å². The third-order valence-corrected chi connectivity index (χ3v) is 5.95. The number of benzene rings is 1. The van der Waals surface area contributed by atoms with Gasteiger partial charge in [-0.3, -0.25) is 9.59 Å². The van der Waals surface area contributed by atoms with Gasteiger partial charge in [-0.1, -0.05) is 23.8 Å². The standard InChI is InChI=1S/C25H39N3O4S/c1-15(2)26-22(29)21(19-13-16(3)11-12-17(19)4)28(18-9-8-10-18)23(30)20(14-33)27-24(31)32-25(5,6)7/h11-13,15,18,20-21,33H,8-10,14H2,1-7H3,(H,26,29)(H,27,31). The zero-order valence-electron chi connectivity index (χ0n) is 20.9. The molecule has 2 unspecified atom stereocenters. The van der Waals surface area contributed by atoms with Crippen molar-refractivity contribution in [2.45, 2.75) is 97.5 Å². The van der Waals surface area contributed by atoms with Gasteiger partial charge in [0, 0.05) is 17.8 Å². The van der Waals surface area contributed by atoms with Crippen molar-refractivity contribution in [2.75, 3.05) is 5.75 Å². The number of rotatable bonds is 8. The van der Waals surface area contributed by atoms with Crippen molar-refractivity contribution >= 4 is 30.5 Å². The quantitative estimate of drug-likeness (QED) is 0.493. The van der Waals surface area contributed by atoms with Crippen LogP contribution < -0.4 is 10.6 Å². The Kier molecular flexibility index (Phi) is 9.23. The van der Waals surface area contributed by atoms with Crippen LogP contribution in [0.1, 0.15) is 76.6 Å². The van der Waals surface area contributed by atoms with Gasteiger partial charge < -0.3 is 20.3 Å². The van der Waals surface area contributed by atoms with Gasteiger partial charge in [-0.25, -0.2) is 4.79 Å². The van der Waals surface area contributed by atoms with Gasteiger partial charge in [0.2, 0.25) is 11.8 Å². The molecule has 1 aliphatic rings. The number of ether oxygens (including phenoxy) is 1. The van der Waals surface area contributed by atoms with E-state index < -0.39 is 23.8 Å². The van der Waals surface area contributed by atoms with Gasteiger partial charge in [-0.05, 0) is 78.9 Å². The summed E-state index contributed by atoms with van der Waals surface area (Å²) in [4.78, 5) is 41.4. The average molecular weight is 478 g/mol. The zero-order chi connectivity index (χ0) is 24.9. The highest BCUT2D eigenvalue weighted by Crippen LogP contribution is 2.35. The van der Waals surface area contributed by atoms with Crippen molar-refractivity contribution in [1.82, 2.24) is 15.5 Å². The maximum atomic E-state index is 13.8. The topological polar surface area (TPSA) is 87.7 Å². The summed E-state index contributed by atoms with van der Waals surface area (Å²) in [5.74, 6) is -0.466. The Hall–Kier alpha value is -2.22. The lowest BCUT2D eigenvalue weighted by Gasteiger charge is -2.44. The fourth-order valence-electron chi connectivity index (χ4n) is 3.83. The smallest absolute Gasteiger partial charge is 0.408 e. The first-order valence-corrected chi connectivity index (χ1v) is 12.3. The molecule has 0 aliphatic heterocycles. The van der Waals surface area contributed by atoms with Gasteiger partial charge in [0.15, 0.2) is 0 Å². The summed E-state index contributed by atoms with van der Waals surface area (Å²) >= 11 is 4.33. The van der Waals surface area contributed by atoms with Gasteiger partial charge in [0.05, 0.1) is 0 Å². The van der Waals surface area contributed by atoms with Crippen LogP contribution >= 0.6 is 12.6 Å². The Labute approximate surface area is 203 Å². The molecule has 2 N–H and O–H groups in total. The molecule has 184 valence electrons. The van der Waals surface area contributed by atoms with Crippen LogP contribution in [-0.4, -0.2) is 52.3 Å². The summed E-state index contributed by atoms with van der Waals surface area (Å²) in [6.07, 6.45) is 1.94. The van der Waals surface area contributed by atoms with Crippen molar-refractivity contribution in [3.8, 4) is 0 Å². The van der Waals surface area contributed by atoms with Crippen LogP contribution in [-0.2, 0) is 14.3 Å². The third kappa shape index (κ3) is 7.39. The average Bonchev–Trinajstić information content (AvgIpc) is 2.64. The molecule has 1 aromatic carbocycles. The molecule has 1 saturated carbocycles. The predicted molar refractivity (Wildman–Crippen MR) is 133 cm³/mol. The van der Waals surface area contributed by atoms with E-state index in [9.17, 15) is 14.4 Å². The highest BCUT2D eigenvalue weighted by atomic mass is 32.1. The van der Waals surface area contributed by atoms with E-state index in [0.29, 0.717) is 0 Å². The molecule has 0 bridgehead atoms. The molecule has 0 spiro atoms. The minimum Gasteiger partial charge on any atom is -0.444 e. The number of nitrogens with one attached hydrogen (secondary N) is 2. The van der Waals surface area contributed by atoms with Crippen LogP contribution in [0.2, 0.25) is 0 Å². The van der Waals surface area contributed by atoms with Gasteiger partial charge in [-0.15, -0.1) is 0 Å². The molecular weight excluding hydrogens is 438 g/mol. The van der Waals surface area contributed by atoms with Crippen molar-refractivity contribution in [1.29, 1.82) is 0 Å². The molecule has 1 aromatic rings. The molecule has 0 saturated heterocycles. The second kappa shape index (κ2) is 11.3. The van der Waals surface area contributed by atoms with E-state index in [2.05, 4.69) is 23.3 Å². The summed E-state index contributed by atoms with van der Waals surface area (Å²) in [6.45, 7) is 13.0. The largest absolute Gasteiger partial charge is 0.444 e. The molecule has 3 amide bonds. The van der Waals surface area contributed by atoms with Crippen molar-refractivity contribution in [3.63, 3.8) is 0 Å². The molecule has 0 radical (unpaired) electrons. The van der Waals surface area contributed by atoms with E-state index in [1.54, 1.807) is 25.7 Å². The Balaban J connectivity index is 2.47. The Morgan fingerprint density at radius 1 is 1.15 bits per heavy atom. The Bertz CT molecular complexity index is 862. The zero-order valence-corrected chi connectivity index (χ0v) is 21.8. The fourth-order valence-corrected chi connectivity index (χ4v) is 4.08. The van der Waals surface area contributed by atoms with E-state index in [4.69, 9.17) is 4.74 Å². The lowest BCUT2D eigenvalue weighted by molar-refractivity contribution is -0.147. The van der Waals surface area contributed by atoms with Gasteiger partial charge in [0.25, 0.3) is 0 Å². The Morgan fingerprint density at radius 2 is 1.79 bits per heavy atom. The molecule has 0 aromatic heterocycles. The predicted octanol–water partition coefficient (Wildman–Crippen LogP) is 4.07. The van der Waals surface area contributed by atoms with Gasteiger partial charge in [0.1, 0.15) is 17.7 Å². The summed E-state index contributed by atoms with van der Waals surface area (Å²) in [6, 6.07) is 4.06. The van der Waals surface area contributed by atoms with Gasteiger partial charge in [-0.2, -0.15) is 12.6 Å². The lowest BCUT2D eigenvalue weighted by atomic mass is 9.87. The van der Waals surface area contributed by atoms with E-state index in [1.807, 2.05) is 45.9 Å². The molecule has 2 rings (SSSR count). The number of alkyl carbamates (subject to hydrolysis) is 1. The molecule has 1 aliphatic carbocycles. The summed E-state index contributed by atoms with van der Waals surface area (Å²) in [7, 11) is 0. The number of carbonyl (C=O) groups is 3. The minimum absolute atomic E-state index is 0.0796. The van der Waals surface area contributed by atoms with E-state index in [0.717, 1.165) is 36.0 Å². The monoisotopic (exact) mass is 477 g/mol. The highest BCUT2D eigenvalue weighted by Gasteiger charge is 2.42. The van der Waals surface area contributed by atoms with Crippen LogP contribution in [0.5, 0.6) is 0 Å². The summed E-state index contributed by atoms with van der Waals surface area (Å²) in [5, 5.41) is 5.65. The summed E-state index contributed by atoms with van der Waals surface area (Å²) < 4.78 is 5.35. The van der Waals surface area contributed by atoms with Gasteiger partial charge >= 0.3 is 6.09 Å². The highest BCUT2D eigenvalue weighted by molar-refractivity contribution is 7.80. The number of hydrogen-bond acceptors (Lipinski definition) is 5. The van der Waals surface area contributed by atoms with Crippen LogP contribution in [0, 0.1) is 13.8 Å². The maximum absolute atomic E-state index is 13.8. The van der Waals surface area contributed by atoms with Crippen molar-refractivity contribution in [3.05, 3.63) is 34.9 Å². The SMILES string of the molecule is Cc1ccc(C)c(C(C(=O)NC(C)C)N(C(=O)C(CS)NC(=O)OC(C)(C)C)C2CCC2)c1. The Morgan fingerprint density at radius 3 is 2.27 bits per heavy atom. The molecule has 2 atom stereocenters.